The summed E-state index contributed by atoms with van der Waals surface area (Å²) in [6.45, 7) is 0. The topological polar surface area (TPSA) is 91.2 Å². The molecule has 0 aliphatic carbocycles. The molecule has 3 N–H and O–H groups in total. The Kier molecular flexibility index (Phi) is 4.93. The van der Waals surface area contributed by atoms with Crippen molar-refractivity contribution in [2.45, 2.75) is 12.5 Å². The molecule has 6 nitrogen and oxygen atoms in total. The van der Waals surface area contributed by atoms with Crippen LogP contribution in [0.2, 0.25) is 0 Å². The van der Waals surface area contributed by atoms with Crippen LogP contribution in [0.4, 0.5) is 0 Å². The summed E-state index contributed by atoms with van der Waals surface area (Å²) in [4.78, 5) is 17.0. The minimum atomic E-state index is -1.58. The SMILES string of the molecule is O=C(NCB(O)O)C1CC(c2ccc(-c3ccccc3)cc2)=NO1. The van der Waals surface area contributed by atoms with Crippen LogP contribution >= 0.6 is 0 Å². The molecule has 0 saturated heterocycles. The van der Waals surface area contributed by atoms with Crippen molar-refractivity contribution in [3.8, 4) is 11.1 Å². The lowest BCUT2D eigenvalue weighted by molar-refractivity contribution is -0.130. The summed E-state index contributed by atoms with van der Waals surface area (Å²) in [5.74, 6) is -0.414. The predicted molar refractivity (Wildman–Crippen MR) is 91.1 cm³/mol. The first-order chi connectivity index (χ1) is 11.6. The quantitative estimate of drug-likeness (QED) is 0.715. The molecule has 24 heavy (non-hydrogen) atoms. The van der Waals surface area contributed by atoms with Crippen molar-refractivity contribution in [1.29, 1.82) is 0 Å². The number of amides is 1. The third-order valence-electron chi connectivity index (χ3n) is 3.75. The monoisotopic (exact) mass is 324 g/mol. The largest absolute Gasteiger partial charge is 0.472 e. The predicted octanol–water partition coefficient (Wildman–Crippen LogP) is 0.975. The van der Waals surface area contributed by atoms with E-state index in [1.165, 1.54) is 0 Å². The molecular formula is C17H17BN2O4. The summed E-state index contributed by atoms with van der Waals surface area (Å²) in [6.07, 6.45) is -0.634. The first-order valence-electron chi connectivity index (χ1n) is 7.66. The van der Waals surface area contributed by atoms with Gasteiger partial charge in [0, 0.05) is 6.42 Å². The van der Waals surface area contributed by atoms with Crippen molar-refractivity contribution in [1.82, 2.24) is 5.32 Å². The van der Waals surface area contributed by atoms with Gasteiger partial charge in [0.05, 0.1) is 12.2 Å². The molecule has 0 saturated carbocycles. The molecular weight excluding hydrogens is 307 g/mol. The van der Waals surface area contributed by atoms with E-state index in [-0.39, 0.29) is 6.44 Å². The standard InChI is InChI=1S/C17H17BN2O4/c21-17(19-11-18(22)23)16-10-15(20-24-16)14-8-6-13(7-9-14)12-4-2-1-3-5-12/h1-9,16,22-23H,10-11H2,(H,19,21). The van der Waals surface area contributed by atoms with Gasteiger partial charge in [-0.05, 0) is 16.7 Å². The van der Waals surface area contributed by atoms with Gasteiger partial charge < -0.3 is 20.2 Å². The molecule has 1 aliphatic heterocycles. The summed E-state index contributed by atoms with van der Waals surface area (Å²) >= 11 is 0. The Morgan fingerprint density at radius 1 is 1.08 bits per heavy atom. The molecule has 7 heteroatoms. The highest BCUT2D eigenvalue weighted by molar-refractivity contribution is 6.41. The Morgan fingerprint density at radius 3 is 2.38 bits per heavy atom. The molecule has 1 amide bonds. The van der Waals surface area contributed by atoms with Gasteiger partial charge in [0.1, 0.15) is 0 Å². The summed E-state index contributed by atoms with van der Waals surface area (Å²) in [5.41, 5.74) is 3.82. The number of rotatable bonds is 5. The van der Waals surface area contributed by atoms with Gasteiger partial charge in [-0.15, -0.1) is 0 Å². The molecule has 3 rings (SSSR count). The summed E-state index contributed by atoms with van der Waals surface area (Å²) in [6, 6.07) is 17.9. The molecule has 1 unspecified atom stereocenters. The van der Waals surface area contributed by atoms with Crippen molar-refractivity contribution >= 4 is 18.7 Å². The Balaban J connectivity index is 1.63. The van der Waals surface area contributed by atoms with Crippen LogP contribution in [0.5, 0.6) is 0 Å². The lowest BCUT2D eigenvalue weighted by Crippen LogP contribution is -2.41. The van der Waals surface area contributed by atoms with Crippen LogP contribution < -0.4 is 5.32 Å². The molecule has 0 fully saturated rings. The zero-order chi connectivity index (χ0) is 16.9. The molecule has 2 aromatic rings. The first kappa shape index (κ1) is 16.2. The number of nitrogens with zero attached hydrogens (tertiary/aromatic N) is 1. The van der Waals surface area contributed by atoms with E-state index in [0.29, 0.717) is 12.1 Å². The number of oxime groups is 1. The normalized spacial score (nSPS) is 16.2. The maximum atomic E-state index is 11.8. The molecule has 0 bridgehead atoms. The number of hydrogen-bond acceptors (Lipinski definition) is 5. The molecule has 0 aromatic heterocycles. The Bertz CT molecular complexity index is 732. The Hall–Kier alpha value is -2.64. The van der Waals surface area contributed by atoms with Crippen LogP contribution in [-0.4, -0.2) is 41.3 Å². The molecule has 0 spiro atoms. The third kappa shape index (κ3) is 3.82. The molecule has 1 heterocycles. The van der Waals surface area contributed by atoms with Gasteiger partial charge in [0.15, 0.2) is 0 Å². The zero-order valence-electron chi connectivity index (χ0n) is 12.9. The van der Waals surface area contributed by atoms with Crippen LogP contribution in [0.1, 0.15) is 12.0 Å². The Morgan fingerprint density at radius 2 is 1.71 bits per heavy atom. The van der Waals surface area contributed by atoms with Gasteiger partial charge in [-0.25, -0.2) is 0 Å². The number of benzene rings is 2. The van der Waals surface area contributed by atoms with E-state index < -0.39 is 19.1 Å². The van der Waals surface area contributed by atoms with Crippen LogP contribution in [0.15, 0.2) is 59.8 Å². The van der Waals surface area contributed by atoms with E-state index in [1.54, 1.807) is 0 Å². The molecule has 1 atom stereocenters. The van der Waals surface area contributed by atoms with E-state index in [4.69, 9.17) is 14.9 Å². The van der Waals surface area contributed by atoms with Gasteiger partial charge in [-0.2, -0.15) is 0 Å². The van der Waals surface area contributed by atoms with Gasteiger partial charge in [-0.1, -0.05) is 59.8 Å². The number of hydrogen-bond donors (Lipinski definition) is 3. The van der Waals surface area contributed by atoms with Crippen molar-refractivity contribution in [3.63, 3.8) is 0 Å². The van der Waals surface area contributed by atoms with E-state index >= 15 is 0 Å². The van der Waals surface area contributed by atoms with Gasteiger partial charge in [-0.3, -0.25) is 4.79 Å². The second kappa shape index (κ2) is 7.29. The smallest absolute Gasteiger partial charge is 0.426 e. The second-order valence-electron chi connectivity index (χ2n) is 5.51. The van der Waals surface area contributed by atoms with E-state index in [2.05, 4.69) is 10.5 Å². The maximum absolute atomic E-state index is 11.8. The third-order valence-corrected chi connectivity index (χ3v) is 3.75. The molecule has 122 valence electrons. The molecule has 0 radical (unpaired) electrons. The maximum Gasteiger partial charge on any atom is 0.472 e. The van der Waals surface area contributed by atoms with Gasteiger partial charge in [0.25, 0.3) is 5.91 Å². The lowest BCUT2D eigenvalue weighted by Gasteiger charge is -2.08. The van der Waals surface area contributed by atoms with E-state index in [9.17, 15) is 4.79 Å². The molecule has 1 aliphatic rings. The first-order valence-corrected chi connectivity index (χ1v) is 7.66. The highest BCUT2D eigenvalue weighted by Crippen LogP contribution is 2.22. The van der Waals surface area contributed by atoms with Crippen LogP contribution in [0, 0.1) is 0 Å². The second-order valence-corrected chi connectivity index (χ2v) is 5.51. The molecule has 2 aromatic carbocycles. The highest BCUT2D eigenvalue weighted by atomic mass is 16.6. The Labute approximate surface area is 139 Å². The minimum Gasteiger partial charge on any atom is -0.426 e. The fraction of sp³-hybridized carbons (Fsp3) is 0.176. The summed E-state index contributed by atoms with van der Waals surface area (Å²) in [5, 5.41) is 23.9. The van der Waals surface area contributed by atoms with Crippen LogP contribution in [0.3, 0.4) is 0 Å². The average Bonchev–Trinajstić information content (AvgIpc) is 3.11. The van der Waals surface area contributed by atoms with Gasteiger partial charge in [0.2, 0.25) is 6.10 Å². The van der Waals surface area contributed by atoms with Crippen molar-refractivity contribution in [2.24, 2.45) is 5.16 Å². The summed E-state index contributed by atoms with van der Waals surface area (Å²) < 4.78 is 0. The number of carbonyl (C=O) groups is 1. The summed E-state index contributed by atoms with van der Waals surface area (Å²) in [7, 11) is -1.58. The van der Waals surface area contributed by atoms with E-state index in [1.807, 2.05) is 54.6 Å². The minimum absolute atomic E-state index is 0.236. The van der Waals surface area contributed by atoms with Gasteiger partial charge >= 0.3 is 7.12 Å². The van der Waals surface area contributed by atoms with E-state index in [0.717, 1.165) is 16.7 Å². The fourth-order valence-electron chi connectivity index (χ4n) is 2.48. The van der Waals surface area contributed by atoms with Crippen molar-refractivity contribution in [2.75, 3.05) is 6.44 Å². The lowest BCUT2D eigenvalue weighted by atomic mass is 9.92. The van der Waals surface area contributed by atoms with Crippen molar-refractivity contribution in [3.05, 3.63) is 60.2 Å². The average molecular weight is 324 g/mol. The zero-order valence-corrected chi connectivity index (χ0v) is 12.9. The van der Waals surface area contributed by atoms with Crippen LogP contribution in [0.25, 0.3) is 11.1 Å². The van der Waals surface area contributed by atoms with Crippen LogP contribution in [-0.2, 0) is 9.63 Å². The van der Waals surface area contributed by atoms with Crippen molar-refractivity contribution < 1.29 is 19.7 Å². The number of nitrogens with one attached hydrogen (secondary N) is 1. The fourth-order valence-corrected chi connectivity index (χ4v) is 2.48. The highest BCUT2D eigenvalue weighted by Gasteiger charge is 2.29. The number of carbonyl (C=O) groups excluding carboxylic acids is 1.